The van der Waals surface area contributed by atoms with Gasteiger partial charge in [-0.05, 0) is 49.4 Å². The molecule has 3 rings (SSSR count). The van der Waals surface area contributed by atoms with Crippen LogP contribution in [0.25, 0.3) is 5.69 Å². The summed E-state index contributed by atoms with van der Waals surface area (Å²) in [5.74, 6) is -1.22. The van der Waals surface area contributed by atoms with E-state index in [2.05, 4.69) is 20.5 Å². The second-order valence-electron chi connectivity index (χ2n) is 5.91. The molecule has 0 radical (unpaired) electrons. The Balaban J connectivity index is 1.81. The minimum absolute atomic E-state index is 0.000226. The Morgan fingerprint density at radius 2 is 2.00 bits per heavy atom. The highest BCUT2D eigenvalue weighted by Crippen LogP contribution is 2.24. The van der Waals surface area contributed by atoms with Gasteiger partial charge in [-0.15, -0.1) is 5.10 Å². The Labute approximate surface area is 164 Å². The van der Waals surface area contributed by atoms with Crippen LogP contribution in [0.4, 0.5) is 4.39 Å². The number of nitrogens with zero attached hydrogens (tertiary/aromatic N) is 4. The van der Waals surface area contributed by atoms with Gasteiger partial charge in [-0.25, -0.2) is 9.18 Å². The van der Waals surface area contributed by atoms with Crippen LogP contribution >= 0.6 is 11.8 Å². The molecule has 0 atom stereocenters. The third kappa shape index (κ3) is 3.96. The Hall–Kier alpha value is -3.01. The number of ether oxygens (including phenoxy) is 1. The van der Waals surface area contributed by atoms with Crippen LogP contribution in [0, 0.1) is 19.7 Å². The number of carbonyl (C=O) groups is 2. The van der Waals surface area contributed by atoms with Crippen LogP contribution in [-0.2, 0) is 4.74 Å². The van der Waals surface area contributed by atoms with Crippen LogP contribution in [0.5, 0.6) is 0 Å². The van der Waals surface area contributed by atoms with E-state index < -0.39 is 11.8 Å². The van der Waals surface area contributed by atoms with Crippen molar-refractivity contribution in [2.45, 2.75) is 25.9 Å². The number of benzene rings is 1. The van der Waals surface area contributed by atoms with Crippen molar-refractivity contribution in [3.63, 3.8) is 0 Å². The Bertz CT molecular complexity index is 1030. The summed E-state index contributed by atoms with van der Waals surface area (Å²) < 4.78 is 19.9. The predicted molar refractivity (Wildman–Crippen MR) is 100 cm³/mol. The number of tetrazole rings is 1. The summed E-state index contributed by atoms with van der Waals surface area (Å²) in [5, 5.41) is 11.7. The molecule has 0 aliphatic heterocycles. The molecule has 10 heteroatoms. The Morgan fingerprint density at radius 3 is 2.71 bits per heavy atom. The molecule has 1 aromatic carbocycles. The lowest BCUT2D eigenvalue weighted by Gasteiger charge is -2.06. The summed E-state index contributed by atoms with van der Waals surface area (Å²) in [6.07, 6.45) is 0. The van der Waals surface area contributed by atoms with Gasteiger partial charge in [0.1, 0.15) is 5.82 Å². The smallest absolute Gasteiger partial charge is 0.340 e. The van der Waals surface area contributed by atoms with Crippen molar-refractivity contribution in [3.05, 3.63) is 52.6 Å². The lowest BCUT2D eigenvalue weighted by atomic mass is 10.1. The number of hydrogen-bond acceptors (Lipinski definition) is 7. The summed E-state index contributed by atoms with van der Waals surface area (Å²) in [7, 11) is 0. The highest BCUT2D eigenvalue weighted by molar-refractivity contribution is 7.99. The zero-order valence-corrected chi connectivity index (χ0v) is 16.3. The third-order valence-electron chi connectivity index (χ3n) is 3.96. The van der Waals surface area contributed by atoms with Crippen LogP contribution in [0.15, 0.2) is 29.4 Å². The molecule has 8 nitrogen and oxygen atoms in total. The number of halogens is 1. The van der Waals surface area contributed by atoms with Gasteiger partial charge >= 0.3 is 5.97 Å². The number of Topliss-reactive ketones (excluding diaryl/α,β-unsaturated/α-hetero) is 1. The number of aromatic nitrogens is 5. The van der Waals surface area contributed by atoms with E-state index in [0.29, 0.717) is 27.8 Å². The molecule has 146 valence electrons. The number of hydrogen-bond donors (Lipinski definition) is 1. The number of H-pyrrole nitrogens is 1. The number of carbonyl (C=O) groups excluding carboxylic acids is 2. The number of nitrogens with one attached hydrogen (secondary N) is 1. The average Bonchev–Trinajstić information content (AvgIpc) is 3.23. The van der Waals surface area contributed by atoms with Gasteiger partial charge in [0.15, 0.2) is 5.78 Å². The maximum Gasteiger partial charge on any atom is 0.340 e. The molecular weight excluding hydrogens is 385 g/mol. The summed E-state index contributed by atoms with van der Waals surface area (Å²) in [5.41, 5.74) is 2.16. The minimum Gasteiger partial charge on any atom is -0.462 e. The number of ketones is 1. The topological polar surface area (TPSA) is 103 Å². The van der Waals surface area contributed by atoms with E-state index in [1.165, 1.54) is 16.8 Å². The molecule has 1 N–H and O–H groups in total. The Morgan fingerprint density at radius 1 is 1.25 bits per heavy atom. The maximum atomic E-state index is 13.5. The minimum atomic E-state index is -0.540. The van der Waals surface area contributed by atoms with Crippen LogP contribution < -0.4 is 0 Å². The van der Waals surface area contributed by atoms with E-state index in [1.807, 2.05) is 0 Å². The van der Waals surface area contributed by atoms with Crippen molar-refractivity contribution in [1.82, 2.24) is 25.2 Å². The second-order valence-corrected chi connectivity index (χ2v) is 6.85. The third-order valence-corrected chi connectivity index (χ3v) is 4.88. The molecule has 0 aliphatic rings. The summed E-state index contributed by atoms with van der Waals surface area (Å²) >= 11 is 1.10. The van der Waals surface area contributed by atoms with Crippen LogP contribution in [0.1, 0.15) is 39.0 Å². The van der Waals surface area contributed by atoms with E-state index in [0.717, 1.165) is 11.8 Å². The van der Waals surface area contributed by atoms with Crippen molar-refractivity contribution >= 4 is 23.5 Å². The molecule has 28 heavy (non-hydrogen) atoms. The monoisotopic (exact) mass is 403 g/mol. The normalized spacial score (nSPS) is 10.9. The summed E-state index contributed by atoms with van der Waals surface area (Å²) in [6, 6.07) is 5.81. The molecule has 0 unspecified atom stereocenters. The van der Waals surface area contributed by atoms with E-state index in [4.69, 9.17) is 4.74 Å². The molecule has 0 saturated heterocycles. The average molecular weight is 403 g/mol. The SMILES string of the molecule is CCOC(=O)c1c(C)[nH]c(C)c1C(=O)CSc1nnnn1-c1cccc(F)c1. The van der Waals surface area contributed by atoms with Crippen LogP contribution in [0.2, 0.25) is 0 Å². The van der Waals surface area contributed by atoms with E-state index in [9.17, 15) is 14.0 Å². The lowest BCUT2D eigenvalue weighted by Crippen LogP contribution is -2.13. The molecule has 2 heterocycles. The highest BCUT2D eigenvalue weighted by Gasteiger charge is 2.25. The van der Waals surface area contributed by atoms with Crippen molar-refractivity contribution in [3.8, 4) is 5.69 Å². The summed E-state index contributed by atoms with van der Waals surface area (Å²) in [6.45, 7) is 5.36. The van der Waals surface area contributed by atoms with Crippen molar-refractivity contribution in [2.75, 3.05) is 12.4 Å². The molecule has 0 bridgehead atoms. The largest absolute Gasteiger partial charge is 0.462 e. The molecule has 0 spiro atoms. The fourth-order valence-electron chi connectivity index (χ4n) is 2.83. The molecule has 0 amide bonds. The van der Waals surface area contributed by atoms with Crippen LogP contribution in [0.3, 0.4) is 0 Å². The maximum absolute atomic E-state index is 13.5. The first kappa shape index (κ1) is 19.7. The van der Waals surface area contributed by atoms with E-state index >= 15 is 0 Å². The molecule has 0 saturated carbocycles. The molecule has 0 aliphatic carbocycles. The van der Waals surface area contributed by atoms with Gasteiger partial charge in [0, 0.05) is 11.4 Å². The number of aryl methyl sites for hydroxylation is 2. The standard InChI is InChI=1S/C18H18FN5O3S/c1-4-27-17(26)16-11(3)20-10(2)15(16)14(25)9-28-18-21-22-23-24(18)13-7-5-6-12(19)8-13/h5-8,20H,4,9H2,1-3H3. The van der Waals surface area contributed by atoms with E-state index in [-0.39, 0.29) is 23.7 Å². The molecule has 3 aromatic rings. The zero-order valence-electron chi connectivity index (χ0n) is 15.5. The van der Waals surface area contributed by atoms with Gasteiger partial charge in [0.25, 0.3) is 0 Å². The second kappa shape index (κ2) is 8.34. The van der Waals surface area contributed by atoms with Gasteiger partial charge in [-0.1, -0.05) is 17.8 Å². The first-order valence-electron chi connectivity index (χ1n) is 8.49. The zero-order chi connectivity index (χ0) is 20.3. The number of rotatable bonds is 7. The first-order valence-corrected chi connectivity index (χ1v) is 9.47. The van der Waals surface area contributed by atoms with Gasteiger partial charge in [0.05, 0.1) is 29.2 Å². The molecular formula is C18H18FN5O3S. The fraction of sp³-hybridized carbons (Fsp3) is 0.278. The van der Waals surface area contributed by atoms with Crippen molar-refractivity contribution in [2.24, 2.45) is 0 Å². The van der Waals surface area contributed by atoms with Crippen LogP contribution in [-0.4, -0.2) is 49.3 Å². The van der Waals surface area contributed by atoms with Gasteiger partial charge in [0.2, 0.25) is 5.16 Å². The number of aromatic amines is 1. The molecule has 0 fully saturated rings. The summed E-state index contributed by atoms with van der Waals surface area (Å²) in [4.78, 5) is 28.1. The molecule has 2 aromatic heterocycles. The van der Waals surface area contributed by atoms with Gasteiger partial charge < -0.3 is 9.72 Å². The van der Waals surface area contributed by atoms with E-state index in [1.54, 1.807) is 32.9 Å². The number of thioether (sulfide) groups is 1. The first-order chi connectivity index (χ1) is 13.4. The van der Waals surface area contributed by atoms with Crippen molar-refractivity contribution in [1.29, 1.82) is 0 Å². The fourth-order valence-corrected chi connectivity index (χ4v) is 3.59. The predicted octanol–water partition coefficient (Wildman–Crippen LogP) is 2.90. The lowest BCUT2D eigenvalue weighted by molar-refractivity contribution is 0.0522. The van der Waals surface area contributed by atoms with Gasteiger partial charge in [-0.2, -0.15) is 4.68 Å². The quantitative estimate of drug-likeness (QED) is 0.367. The number of esters is 1. The Kier molecular flexibility index (Phi) is 5.88. The van der Waals surface area contributed by atoms with Crippen molar-refractivity contribution < 1.29 is 18.7 Å². The highest BCUT2D eigenvalue weighted by atomic mass is 32.2. The van der Waals surface area contributed by atoms with Gasteiger partial charge in [-0.3, -0.25) is 4.79 Å².